The molecule has 0 aliphatic rings. The summed E-state index contributed by atoms with van der Waals surface area (Å²) in [4.78, 5) is 17.9. The van der Waals surface area contributed by atoms with Crippen LogP contribution in [-0.2, 0) is 0 Å². The molecule has 0 bridgehead atoms. The molecule has 0 fully saturated rings. The molecule has 0 spiro atoms. The van der Waals surface area contributed by atoms with Crippen LogP contribution in [0.4, 0.5) is 5.69 Å². The molecule has 1 amide bonds. The summed E-state index contributed by atoms with van der Waals surface area (Å²) < 4.78 is 5.73. The fraction of sp³-hybridized carbons (Fsp3) is 0.0400. The van der Waals surface area contributed by atoms with Gasteiger partial charge in [-0.2, -0.15) is 0 Å². The van der Waals surface area contributed by atoms with Crippen molar-refractivity contribution in [2.75, 3.05) is 5.32 Å². The molecule has 29 heavy (non-hydrogen) atoms. The van der Waals surface area contributed by atoms with Crippen LogP contribution >= 0.6 is 0 Å². The first-order chi connectivity index (χ1) is 14.2. The Balaban J connectivity index is 1.57. The molecule has 2 aromatic heterocycles. The SMILES string of the molecule is Cc1ccc(-c2cc(C(=O)Nc3ccc4ccccc4c3)c3ccccc3n2)o1. The molecule has 4 heteroatoms. The normalized spacial score (nSPS) is 11.1. The summed E-state index contributed by atoms with van der Waals surface area (Å²) >= 11 is 0. The second-order valence-corrected chi connectivity index (χ2v) is 7.00. The Bertz CT molecular complexity index is 1370. The second-order valence-electron chi connectivity index (χ2n) is 7.00. The molecule has 140 valence electrons. The standard InChI is InChI=1S/C25H18N2O2/c1-16-10-13-24(29-16)23-15-21(20-8-4-5-9-22(20)27-23)25(28)26-19-12-11-17-6-2-3-7-18(17)14-19/h2-15H,1H3,(H,26,28). The van der Waals surface area contributed by atoms with Crippen LogP contribution in [0, 0.1) is 6.92 Å². The third-order valence-electron chi connectivity index (χ3n) is 4.96. The van der Waals surface area contributed by atoms with Crippen LogP contribution in [0.5, 0.6) is 0 Å². The number of carbonyl (C=O) groups is 1. The van der Waals surface area contributed by atoms with E-state index in [9.17, 15) is 4.79 Å². The number of nitrogens with zero attached hydrogens (tertiary/aromatic N) is 1. The number of rotatable bonds is 3. The fourth-order valence-corrected chi connectivity index (χ4v) is 3.53. The number of nitrogens with one attached hydrogen (secondary N) is 1. The van der Waals surface area contributed by atoms with Crippen LogP contribution < -0.4 is 5.32 Å². The quantitative estimate of drug-likeness (QED) is 0.406. The Morgan fingerprint density at radius 1 is 0.862 bits per heavy atom. The number of benzene rings is 3. The lowest BCUT2D eigenvalue weighted by atomic mass is 10.1. The van der Waals surface area contributed by atoms with Gasteiger partial charge in [0.15, 0.2) is 5.76 Å². The number of amides is 1. The highest BCUT2D eigenvalue weighted by Crippen LogP contribution is 2.27. The predicted octanol–water partition coefficient (Wildman–Crippen LogP) is 6.21. The maximum absolute atomic E-state index is 13.2. The van der Waals surface area contributed by atoms with Gasteiger partial charge in [0, 0.05) is 11.1 Å². The molecule has 5 aromatic rings. The Labute approximate surface area is 167 Å². The number of pyridine rings is 1. The summed E-state index contributed by atoms with van der Waals surface area (Å²) in [5.74, 6) is 1.27. The van der Waals surface area contributed by atoms with Crippen molar-refractivity contribution in [3.63, 3.8) is 0 Å². The molecule has 0 atom stereocenters. The van der Waals surface area contributed by atoms with Crippen molar-refractivity contribution in [2.24, 2.45) is 0 Å². The minimum Gasteiger partial charge on any atom is -0.460 e. The molecular formula is C25H18N2O2. The first kappa shape index (κ1) is 17.2. The zero-order chi connectivity index (χ0) is 19.8. The van der Waals surface area contributed by atoms with E-state index in [1.54, 1.807) is 6.07 Å². The molecule has 0 aliphatic heterocycles. The van der Waals surface area contributed by atoms with Gasteiger partial charge >= 0.3 is 0 Å². The number of aromatic nitrogens is 1. The number of hydrogen-bond acceptors (Lipinski definition) is 3. The van der Waals surface area contributed by atoms with E-state index in [1.807, 2.05) is 79.7 Å². The monoisotopic (exact) mass is 378 g/mol. The number of furan rings is 1. The lowest BCUT2D eigenvalue weighted by Gasteiger charge is -2.10. The first-order valence-electron chi connectivity index (χ1n) is 9.44. The number of aryl methyl sites for hydroxylation is 1. The van der Waals surface area contributed by atoms with Crippen LogP contribution in [-0.4, -0.2) is 10.9 Å². The van der Waals surface area contributed by atoms with Gasteiger partial charge in [0.2, 0.25) is 0 Å². The molecule has 0 aliphatic carbocycles. The Kier molecular flexibility index (Phi) is 4.10. The highest BCUT2D eigenvalue weighted by molar-refractivity contribution is 6.13. The number of hydrogen-bond donors (Lipinski definition) is 1. The average molecular weight is 378 g/mol. The highest BCUT2D eigenvalue weighted by atomic mass is 16.3. The Morgan fingerprint density at radius 3 is 2.48 bits per heavy atom. The van der Waals surface area contributed by atoms with Crippen LogP contribution in [0.15, 0.2) is 89.3 Å². The van der Waals surface area contributed by atoms with Gasteiger partial charge in [-0.25, -0.2) is 4.98 Å². The summed E-state index contributed by atoms with van der Waals surface area (Å²) in [6.45, 7) is 1.89. The van der Waals surface area contributed by atoms with Gasteiger partial charge in [-0.05, 0) is 54.1 Å². The van der Waals surface area contributed by atoms with Crippen molar-refractivity contribution < 1.29 is 9.21 Å². The smallest absolute Gasteiger partial charge is 0.256 e. The van der Waals surface area contributed by atoms with Gasteiger partial charge in [-0.1, -0.05) is 48.5 Å². The zero-order valence-corrected chi connectivity index (χ0v) is 15.8. The molecule has 0 radical (unpaired) electrons. The van der Waals surface area contributed by atoms with Gasteiger partial charge in [0.25, 0.3) is 5.91 Å². The zero-order valence-electron chi connectivity index (χ0n) is 15.8. The van der Waals surface area contributed by atoms with Crippen molar-refractivity contribution in [1.82, 2.24) is 4.98 Å². The van der Waals surface area contributed by atoms with E-state index in [0.29, 0.717) is 17.0 Å². The van der Waals surface area contributed by atoms with Gasteiger partial charge in [-0.3, -0.25) is 4.79 Å². The number of para-hydroxylation sites is 1. The molecule has 0 saturated carbocycles. The molecule has 2 heterocycles. The third kappa shape index (κ3) is 3.25. The number of fused-ring (bicyclic) bond motifs is 2. The molecule has 4 nitrogen and oxygen atoms in total. The van der Waals surface area contributed by atoms with Crippen molar-refractivity contribution in [1.29, 1.82) is 0 Å². The van der Waals surface area contributed by atoms with Crippen molar-refractivity contribution >= 4 is 33.3 Å². The average Bonchev–Trinajstić information content (AvgIpc) is 3.19. The number of anilines is 1. The second kappa shape index (κ2) is 6.91. The van der Waals surface area contributed by atoms with Crippen LogP contribution in [0.1, 0.15) is 16.1 Å². The fourth-order valence-electron chi connectivity index (χ4n) is 3.53. The summed E-state index contributed by atoms with van der Waals surface area (Å²) in [6, 6.07) is 27.2. The molecule has 3 aromatic carbocycles. The van der Waals surface area contributed by atoms with Gasteiger partial charge in [0.05, 0.1) is 11.1 Å². The minimum absolute atomic E-state index is 0.177. The first-order valence-corrected chi connectivity index (χ1v) is 9.44. The van der Waals surface area contributed by atoms with Crippen LogP contribution in [0.25, 0.3) is 33.1 Å². The molecular weight excluding hydrogens is 360 g/mol. The summed E-state index contributed by atoms with van der Waals surface area (Å²) in [6.07, 6.45) is 0. The Morgan fingerprint density at radius 2 is 1.66 bits per heavy atom. The summed E-state index contributed by atoms with van der Waals surface area (Å²) in [7, 11) is 0. The third-order valence-corrected chi connectivity index (χ3v) is 4.96. The summed E-state index contributed by atoms with van der Waals surface area (Å²) in [5, 5.41) is 6.05. The maximum atomic E-state index is 13.2. The van der Waals surface area contributed by atoms with E-state index in [-0.39, 0.29) is 5.91 Å². The van der Waals surface area contributed by atoms with Gasteiger partial charge in [-0.15, -0.1) is 0 Å². The van der Waals surface area contributed by atoms with E-state index in [4.69, 9.17) is 4.42 Å². The summed E-state index contributed by atoms with van der Waals surface area (Å²) in [5.41, 5.74) is 2.71. The Hall–Kier alpha value is -3.92. The molecule has 1 N–H and O–H groups in total. The van der Waals surface area contributed by atoms with Gasteiger partial charge < -0.3 is 9.73 Å². The maximum Gasteiger partial charge on any atom is 0.256 e. The van der Waals surface area contributed by atoms with Crippen LogP contribution in [0.2, 0.25) is 0 Å². The predicted molar refractivity (Wildman–Crippen MR) is 116 cm³/mol. The van der Waals surface area contributed by atoms with E-state index < -0.39 is 0 Å². The van der Waals surface area contributed by atoms with Crippen molar-refractivity contribution in [3.05, 3.63) is 96.3 Å². The lowest BCUT2D eigenvalue weighted by molar-refractivity contribution is 0.102. The highest BCUT2D eigenvalue weighted by Gasteiger charge is 2.15. The minimum atomic E-state index is -0.177. The lowest BCUT2D eigenvalue weighted by Crippen LogP contribution is -2.13. The van der Waals surface area contributed by atoms with E-state index >= 15 is 0 Å². The molecule has 0 unspecified atom stereocenters. The van der Waals surface area contributed by atoms with Crippen molar-refractivity contribution in [2.45, 2.75) is 6.92 Å². The number of carbonyl (C=O) groups excluding carboxylic acids is 1. The van der Waals surface area contributed by atoms with E-state index in [1.165, 1.54) is 0 Å². The van der Waals surface area contributed by atoms with Gasteiger partial charge in [0.1, 0.15) is 11.5 Å². The van der Waals surface area contributed by atoms with E-state index in [2.05, 4.69) is 16.4 Å². The molecule has 5 rings (SSSR count). The van der Waals surface area contributed by atoms with Crippen LogP contribution in [0.3, 0.4) is 0 Å². The molecule has 0 saturated heterocycles. The topological polar surface area (TPSA) is 55.1 Å². The van der Waals surface area contributed by atoms with Crippen molar-refractivity contribution in [3.8, 4) is 11.5 Å². The van der Waals surface area contributed by atoms with E-state index in [0.717, 1.165) is 33.1 Å². The largest absolute Gasteiger partial charge is 0.460 e.